The quantitative estimate of drug-likeness (QED) is 0.735. The van der Waals surface area contributed by atoms with Gasteiger partial charge in [-0.2, -0.15) is 0 Å². The third-order valence-electron chi connectivity index (χ3n) is 3.19. The fraction of sp³-hybridized carbons (Fsp3) is 0.214. The van der Waals surface area contributed by atoms with Crippen molar-refractivity contribution in [2.45, 2.75) is 13.5 Å². The molecule has 0 spiro atoms. The number of hydrogen-bond donors (Lipinski definition) is 1. The predicted octanol–water partition coefficient (Wildman–Crippen LogP) is 3.02. The van der Waals surface area contributed by atoms with Crippen LogP contribution >= 0.6 is 38.6 Å². The number of nitrogens with one attached hydrogen (secondary N) is 1. The van der Waals surface area contributed by atoms with Gasteiger partial charge in [-0.15, -0.1) is 22.7 Å². The highest BCUT2D eigenvalue weighted by molar-refractivity contribution is 9.10. The molecule has 22 heavy (non-hydrogen) atoms. The van der Waals surface area contributed by atoms with Crippen molar-refractivity contribution in [1.82, 2.24) is 14.9 Å². The van der Waals surface area contributed by atoms with Crippen molar-refractivity contribution in [3.05, 3.63) is 48.4 Å². The highest BCUT2D eigenvalue weighted by Gasteiger charge is 2.11. The highest BCUT2D eigenvalue weighted by Crippen LogP contribution is 2.19. The smallest absolute Gasteiger partial charge is 0.262 e. The number of halogens is 1. The molecule has 0 aliphatic carbocycles. The molecule has 3 heterocycles. The lowest BCUT2D eigenvalue weighted by Crippen LogP contribution is -2.31. The molecule has 0 radical (unpaired) electrons. The zero-order chi connectivity index (χ0) is 15.7. The van der Waals surface area contributed by atoms with E-state index >= 15 is 0 Å². The third-order valence-corrected chi connectivity index (χ3v) is 5.68. The number of hydrogen-bond acceptors (Lipinski definition) is 5. The van der Waals surface area contributed by atoms with Crippen molar-refractivity contribution < 1.29 is 4.79 Å². The van der Waals surface area contributed by atoms with Crippen molar-refractivity contribution in [2.75, 3.05) is 6.54 Å². The SMILES string of the molecule is Cc1nc2sccc2c(=O)n1CCNC(=O)c1cc(Br)cs1. The normalized spacial score (nSPS) is 11.0. The summed E-state index contributed by atoms with van der Waals surface area (Å²) >= 11 is 6.15. The Morgan fingerprint density at radius 1 is 1.45 bits per heavy atom. The monoisotopic (exact) mass is 397 g/mol. The number of aryl methyl sites for hydroxylation is 1. The molecule has 0 bridgehead atoms. The van der Waals surface area contributed by atoms with E-state index < -0.39 is 0 Å². The molecule has 3 rings (SSSR count). The van der Waals surface area contributed by atoms with Crippen molar-refractivity contribution in [3.8, 4) is 0 Å². The number of aromatic nitrogens is 2. The number of nitrogens with zero attached hydrogens (tertiary/aromatic N) is 2. The molecule has 8 heteroatoms. The Morgan fingerprint density at radius 2 is 2.27 bits per heavy atom. The van der Waals surface area contributed by atoms with Crippen molar-refractivity contribution in [1.29, 1.82) is 0 Å². The molecule has 3 aromatic rings. The lowest BCUT2D eigenvalue weighted by atomic mass is 10.4. The minimum atomic E-state index is -0.133. The van der Waals surface area contributed by atoms with E-state index in [9.17, 15) is 9.59 Å². The first-order chi connectivity index (χ1) is 10.6. The number of carbonyl (C=O) groups is 1. The Kier molecular flexibility index (Phi) is 4.42. The molecule has 0 aliphatic heterocycles. The van der Waals surface area contributed by atoms with Crippen LogP contribution in [0, 0.1) is 6.92 Å². The lowest BCUT2D eigenvalue weighted by molar-refractivity contribution is 0.0956. The van der Waals surface area contributed by atoms with E-state index in [0.29, 0.717) is 29.2 Å². The van der Waals surface area contributed by atoms with Gasteiger partial charge in [0.05, 0.1) is 10.3 Å². The summed E-state index contributed by atoms with van der Waals surface area (Å²) in [6.45, 7) is 2.59. The molecular weight excluding hydrogens is 386 g/mol. The second-order valence-electron chi connectivity index (χ2n) is 4.64. The Hall–Kier alpha value is -1.51. The predicted molar refractivity (Wildman–Crippen MR) is 93.0 cm³/mol. The van der Waals surface area contributed by atoms with Gasteiger partial charge in [-0.25, -0.2) is 4.98 Å². The van der Waals surface area contributed by atoms with Crippen LogP contribution in [-0.2, 0) is 6.54 Å². The van der Waals surface area contributed by atoms with Crippen LogP contribution in [0.3, 0.4) is 0 Å². The van der Waals surface area contributed by atoms with E-state index in [-0.39, 0.29) is 11.5 Å². The van der Waals surface area contributed by atoms with Gasteiger partial charge in [0, 0.05) is 22.9 Å². The minimum absolute atomic E-state index is 0.0585. The lowest BCUT2D eigenvalue weighted by Gasteiger charge is -2.10. The Labute approximate surface area is 142 Å². The number of thiophene rings is 2. The molecule has 3 aromatic heterocycles. The van der Waals surface area contributed by atoms with Crippen LogP contribution in [0.1, 0.15) is 15.5 Å². The van der Waals surface area contributed by atoms with Gasteiger partial charge in [0.2, 0.25) is 0 Å². The average molecular weight is 398 g/mol. The van der Waals surface area contributed by atoms with Crippen molar-refractivity contribution in [2.24, 2.45) is 0 Å². The van der Waals surface area contributed by atoms with E-state index in [0.717, 1.165) is 9.30 Å². The maximum Gasteiger partial charge on any atom is 0.262 e. The maximum atomic E-state index is 12.4. The van der Waals surface area contributed by atoms with Gasteiger partial charge in [-0.3, -0.25) is 14.2 Å². The number of fused-ring (bicyclic) bond motifs is 1. The molecule has 0 unspecified atom stereocenters. The highest BCUT2D eigenvalue weighted by atomic mass is 79.9. The minimum Gasteiger partial charge on any atom is -0.350 e. The molecule has 0 atom stereocenters. The fourth-order valence-electron chi connectivity index (χ4n) is 2.11. The average Bonchev–Trinajstić information content (AvgIpc) is 3.11. The third kappa shape index (κ3) is 2.99. The summed E-state index contributed by atoms with van der Waals surface area (Å²) in [5, 5.41) is 7.17. The van der Waals surface area contributed by atoms with Crippen LogP contribution in [0.4, 0.5) is 0 Å². The van der Waals surface area contributed by atoms with Crippen LogP contribution < -0.4 is 10.9 Å². The maximum absolute atomic E-state index is 12.4. The summed E-state index contributed by atoms with van der Waals surface area (Å²) in [4.78, 5) is 30.2. The molecule has 114 valence electrons. The Morgan fingerprint density at radius 3 is 3.00 bits per heavy atom. The first-order valence-corrected chi connectivity index (χ1v) is 9.08. The van der Waals surface area contributed by atoms with E-state index in [1.165, 1.54) is 22.7 Å². The van der Waals surface area contributed by atoms with Crippen molar-refractivity contribution >= 4 is 54.7 Å². The van der Waals surface area contributed by atoms with Gasteiger partial charge in [-0.1, -0.05) is 0 Å². The zero-order valence-corrected chi connectivity index (χ0v) is 14.8. The van der Waals surface area contributed by atoms with E-state index in [1.807, 2.05) is 10.8 Å². The summed E-state index contributed by atoms with van der Waals surface area (Å²) in [7, 11) is 0. The van der Waals surface area contributed by atoms with Gasteiger partial charge >= 0.3 is 0 Å². The molecule has 0 fully saturated rings. The van der Waals surface area contributed by atoms with E-state index in [1.54, 1.807) is 23.6 Å². The summed E-state index contributed by atoms with van der Waals surface area (Å²) in [6.07, 6.45) is 0. The Bertz CT molecular complexity index is 897. The molecule has 0 saturated carbocycles. The van der Waals surface area contributed by atoms with Crippen LogP contribution in [0.25, 0.3) is 10.2 Å². The molecule has 0 saturated heterocycles. The van der Waals surface area contributed by atoms with Crippen molar-refractivity contribution in [3.63, 3.8) is 0 Å². The second-order valence-corrected chi connectivity index (χ2v) is 7.36. The van der Waals surface area contributed by atoms with Gasteiger partial charge in [0.25, 0.3) is 11.5 Å². The Balaban J connectivity index is 1.71. The van der Waals surface area contributed by atoms with E-state index in [4.69, 9.17) is 0 Å². The summed E-state index contributed by atoms with van der Waals surface area (Å²) in [6, 6.07) is 3.56. The fourth-order valence-corrected chi connectivity index (χ4v) is 4.26. The first-order valence-electron chi connectivity index (χ1n) is 6.53. The number of amides is 1. The van der Waals surface area contributed by atoms with Gasteiger partial charge < -0.3 is 5.32 Å². The summed E-state index contributed by atoms with van der Waals surface area (Å²) in [5.41, 5.74) is -0.0585. The standard InChI is InChI=1S/C14H12BrN3O2S2/c1-8-17-13-10(2-5-21-13)14(20)18(8)4-3-16-12(19)11-6-9(15)7-22-11/h2,5-7H,3-4H2,1H3,(H,16,19). The zero-order valence-electron chi connectivity index (χ0n) is 11.6. The number of rotatable bonds is 4. The van der Waals surface area contributed by atoms with Crippen LogP contribution in [-0.4, -0.2) is 22.0 Å². The molecule has 0 aliphatic rings. The van der Waals surface area contributed by atoms with Gasteiger partial charge in [-0.05, 0) is 40.4 Å². The number of carbonyl (C=O) groups excluding carboxylic acids is 1. The molecule has 0 aromatic carbocycles. The van der Waals surface area contributed by atoms with Crippen LogP contribution in [0.2, 0.25) is 0 Å². The molecule has 1 amide bonds. The topological polar surface area (TPSA) is 64.0 Å². The van der Waals surface area contributed by atoms with Gasteiger partial charge in [0.15, 0.2) is 0 Å². The molecular formula is C14H12BrN3O2S2. The first kappa shape index (κ1) is 15.4. The molecule has 1 N–H and O–H groups in total. The summed E-state index contributed by atoms with van der Waals surface area (Å²) < 4.78 is 2.49. The van der Waals surface area contributed by atoms with Crippen LogP contribution in [0.15, 0.2) is 32.2 Å². The van der Waals surface area contributed by atoms with E-state index in [2.05, 4.69) is 26.2 Å². The second kappa shape index (κ2) is 6.31. The largest absolute Gasteiger partial charge is 0.350 e. The van der Waals surface area contributed by atoms with Crippen LogP contribution in [0.5, 0.6) is 0 Å². The summed E-state index contributed by atoms with van der Waals surface area (Å²) in [5.74, 6) is 0.527. The van der Waals surface area contributed by atoms with Gasteiger partial charge in [0.1, 0.15) is 10.7 Å². The molecule has 5 nitrogen and oxygen atoms in total.